The van der Waals surface area contributed by atoms with Gasteiger partial charge in [-0.3, -0.25) is 0 Å². The van der Waals surface area contributed by atoms with Gasteiger partial charge in [-0.15, -0.1) is 11.6 Å². The van der Waals surface area contributed by atoms with E-state index in [0.29, 0.717) is 18.2 Å². The molecule has 16 heavy (non-hydrogen) atoms. The molecule has 0 unspecified atom stereocenters. The maximum atomic E-state index is 11.4. The van der Waals surface area contributed by atoms with Crippen molar-refractivity contribution in [3.8, 4) is 5.75 Å². The summed E-state index contributed by atoms with van der Waals surface area (Å²) >= 11 is 5.46. The van der Waals surface area contributed by atoms with Gasteiger partial charge in [-0.2, -0.15) is 0 Å². The molecule has 1 rings (SSSR count). The second-order valence-electron chi connectivity index (χ2n) is 3.73. The fourth-order valence-corrected chi connectivity index (χ4v) is 1.70. The fourth-order valence-electron chi connectivity index (χ4n) is 1.61. The van der Waals surface area contributed by atoms with E-state index in [1.807, 2.05) is 32.9 Å². The number of carbonyl (C=O) groups is 1. The van der Waals surface area contributed by atoms with E-state index in [1.165, 1.54) is 0 Å². The first-order valence-electron chi connectivity index (χ1n) is 5.14. The molecule has 0 saturated carbocycles. The van der Waals surface area contributed by atoms with E-state index in [4.69, 9.17) is 16.3 Å². The van der Waals surface area contributed by atoms with Gasteiger partial charge in [0.1, 0.15) is 5.75 Å². The van der Waals surface area contributed by atoms with Crippen LogP contribution in [0.15, 0.2) is 12.1 Å². The van der Waals surface area contributed by atoms with Crippen molar-refractivity contribution < 1.29 is 9.53 Å². The third-order valence-electron chi connectivity index (χ3n) is 2.16. The van der Waals surface area contributed by atoms with Gasteiger partial charge in [0.05, 0.1) is 0 Å². The van der Waals surface area contributed by atoms with Crippen molar-refractivity contribution in [2.75, 3.05) is 12.4 Å². The molecule has 0 spiro atoms. The van der Waals surface area contributed by atoms with Crippen LogP contribution in [0.25, 0.3) is 0 Å². The molecule has 1 aromatic rings. The second kappa shape index (κ2) is 5.75. The molecule has 0 aliphatic heterocycles. The predicted octanol–water partition coefficient (Wildman–Crippen LogP) is 2.94. The molecule has 0 bridgehead atoms. The van der Waals surface area contributed by atoms with E-state index in [9.17, 15) is 4.79 Å². The number of halogens is 1. The Morgan fingerprint density at radius 3 is 2.38 bits per heavy atom. The van der Waals surface area contributed by atoms with E-state index < -0.39 is 6.09 Å². The molecule has 0 heterocycles. The van der Waals surface area contributed by atoms with Crippen LogP contribution >= 0.6 is 11.6 Å². The summed E-state index contributed by atoms with van der Waals surface area (Å²) in [6.45, 7) is 6.26. The Kier molecular flexibility index (Phi) is 4.62. The van der Waals surface area contributed by atoms with Crippen LogP contribution in [-0.2, 0) is 0 Å². The molecule has 1 N–H and O–H groups in total. The largest absolute Gasteiger partial charge is 0.412 e. The average molecular weight is 242 g/mol. The number of aryl methyl sites for hydroxylation is 3. The third-order valence-corrected chi connectivity index (χ3v) is 2.35. The lowest BCUT2D eigenvalue weighted by Crippen LogP contribution is -2.28. The van der Waals surface area contributed by atoms with Gasteiger partial charge >= 0.3 is 6.09 Å². The predicted molar refractivity (Wildman–Crippen MR) is 65.4 cm³/mol. The monoisotopic (exact) mass is 241 g/mol. The van der Waals surface area contributed by atoms with Crippen LogP contribution < -0.4 is 10.1 Å². The minimum atomic E-state index is -0.462. The number of rotatable bonds is 3. The number of hydrogen-bond donors (Lipinski definition) is 1. The first kappa shape index (κ1) is 12.8. The lowest BCUT2D eigenvalue weighted by Gasteiger charge is -2.11. The molecule has 4 heteroatoms. The molecule has 0 saturated heterocycles. The highest BCUT2D eigenvalue weighted by Gasteiger charge is 2.09. The van der Waals surface area contributed by atoms with Gasteiger partial charge in [-0.1, -0.05) is 17.7 Å². The molecule has 3 nitrogen and oxygen atoms in total. The van der Waals surface area contributed by atoms with Crippen LogP contribution in [0.5, 0.6) is 5.75 Å². The van der Waals surface area contributed by atoms with Crippen molar-refractivity contribution in [2.24, 2.45) is 0 Å². The highest BCUT2D eigenvalue weighted by atomic mass is 35.5. The molecule has 1 aromatic carbocycles. The quantitative estimate of drug-likeness (QED) is 0.827. The number of benzene rings is 1. The van der Waals surface area contributed by atoms with Crippen LogP contribution in [0.1, 0.15) is 16.7 Å². The Morgan fingerprint density at radius 1 is 1.31 bits per heavy atom. The van der Waals surface area contributed by atoms with Crippen LogP contribution in [0.2, 0.25) is 0 Å². The number of nitrogens with one attached hydrogen (secondary N) is 1. The van der Waals surface area contributed by atoms with Gasteiger partial charge in [0.2, 0.25) is 0 Å². The SMILES string of the molecule is Cc1cc(C)c(OC(=O)NCCCl)c(C)c1. The van der Waals surface area contributed by atoms with E-state index in [1.54, 1.807) is 0 Å². The number of amides is 1. The van der Waals surface area contributed by atoms with E-state index in [-0.39, 0.29) is 0 Å². The zero-order valence-corrected chi connectivity index (χ0v) is 10.5. The van der Waals surface area contributed by atoms with Gasteiger partial charge in [-0.05, 0) is 31.9 Å². The Labute approximate surface area is 101 Å². The van der Waals surface area contributed by atoms with E-state index in [2.05, 4.69) is 5.32 Å². The molecule has 0 fully saturated rings. The molecule has 0 aliphatic rings. The van der Waals surface area contributed by atoms with Crippen molar-refractivity contribution in [2.45, 2.75) is 20.8 Å². The van der Waals surface area contributed by atoms with Crippen molar-refractivity contribution in [1.29, 1.82) is 0 Å². The summed E-state index contributed by atoms with van der Waals surface area (Å²) in [5.41, 5.74) is 3.07. The fraction of sp³-hybridized carbons (Fsp3) is 0.417. The van der Waals surface area contributed by atoms with Crippen molar-refractivity contribution >= 4 is 17.7 Å². The van der Waals surface area contributed by atoms with Gasteiger partial charge in [-0.25, -0.2) is 4.79 Å². The summed E-state index contributed by atoms with van der Waals surface area (Å²) in [4.78, 5) is 11.4. The number of carbonyl (C=O) groups excluding carboxylic acids is 1. The molecular formula is C12H16ClNO2. The first-order valence-corrected chi connectivity index (χ1v) is 5.67. The minimum absolute atomic E-state index is 0.376. The van der Waals surface area contributed by atoms with Crippen molar-refractivity contribution in [1.82, 2.24) is 5.32 Å². The topological polar surface area (TPSA) is 38.3 Å². The van der Waals surface area contributed by atoms with Gasteiger partial charge in [0.15, 0.2) is 0 Å². The summed E-state index contributed by atoms with van der Waals surface area (Å²) in [6.07, 6.45) is -0.462. The second-order valence-corrected chi connectivity index (χ2v) is 4.11. The Bertz CT molecular complexity index is 368. The lowest BCUT2D eigenvalue weighted by molar-refractivity contribution is 0.200. The normalized spacial score (nSPS) is 10.0. The van der Waals surface area contributed by atoms with E-state index >= 15 is 0 Å². The summed E-state index contributed by atoms with van der Waals surface area (Å²) < 4.78 is 5.22. The maximum absolute atomic E-state index is 11.4. The summed E-state index contributed by atoms with van der Waals surface area (Å²) in [6, 6.07) is 3.97. The summed E-state index contributed by atoms with van der Waals surface area (Å²) in [5.74, 6) is 0.999. The van der Waals surface area contributed by atoms with Crippen LogP contribution in [0.3, 0.4) is 0 Å². The molecule has 1 amide bonds. The highest BCUT2D eigenvalue weighted by molar-refractivity contribution is 6.18. The third kappa shape index (κ3) is 3.42. The maximum Gasteiger partial charge on any atom is 0.412 e. The average Bonchev–Trinajstić information content (AvgIpc) is 2.20. The zero-order chi connectivity index (χ0) is 12.1. The molecule has 0 aliphatic carbocycles. The molecule has 0 aromatic heterocycles. The molecule has 0 atom stereocenters. The summed E-state index contributed by atoms with van der Waals surface area (Å²) in [7, 11) is 0. The van der Waals surface area contributed by atoms with Gasteiger partial charge in [0.25, 0.3) is 0 Å². The number of hydrogen-bond acceptors (Lipinski definition) is 2. The van der Waals surface area contributed by atoms with Crippen LogP contribution in [-0.4, -0.2) is 18.5 Å². The zero-order valence-electron chi connectivity index (χ0n) is 9.76. The standard InChI is InChI=1S/C12H16ClNO2/c1-8-6-9(2)11(10(3)7-8)16-12(15)14-5-4-13/h6-7H,4-5H2,1-3H3,(H,14,15). The van der Waals surface area contributed by atoms with Crippen molar-refractivity contribution in [3.05, 3.63) is 28.8 Å². The lowest BCUT2D eigenvalue weighted by atomic mass is 10.1. The van der Waals surface area contributed by atoms with Crippen molar-refractivity contribution in [3.63, 3.8) is 0 Å². The molecule has 88 valence electrons. The van der Waals surface area contributed by atoms with Gasteiger partial charge in [0, 0.05) is 12.4 Å². The Hall–Kier alpha value is -1.22. The summed E-state index contributed by atoms with van der Waals surface area (Å²) in [5, 5.41) is 2.56. The van der Waals surface area contributed by atoms with Gasteiger partial charge < -0.3 is 10.1 Å². The van der Waals surface area contributed by atoms with Crippen LogP contribution in [0.4, 0.5) is 4.79 Å². The number of ether oxygens (including phenoxy) is 1. The molecule has 0 radical (unpaired) electrons. The molecular weight excluding hydrogens is 226 g/mol. The van der Waals surface area contributed by atoms with Crippen LogP contribution in [0, 0.1) is 20.8 Å². The Balaban J connectivity index is 2.77. The minimum Gasteiger partial charge on any atom is -0.410 e. The highest BCUT2D eigenvalue weighted by Crippen LogP contribution is 2.24. The van der Waals surface area contributed by atoms with E-state index in [0.717, 1.165) is 16.7 Å². The number of alkyl halides is 1. The Morgan fingerprint density at radius 2 is 1.88 bits per heavy atom. The smallest absolute Gasteiger partial charge is 0.410 e. The first-order chi connectivity index (χ1) is 7.54.